The van der Waals surface area contributed by atoms with Crippen LogP contribution in [0.4, 0.5) is 0 Å². The standard InChI is InChI=1S/C15H26S/c1-2-4-7-13(8-5-3-1)15-11-6-9-14(16-15)10-12-15/h13-14H,1-12H2. The Bertz CT molecular complexity index is 226. The SMILES string of the molecule is C1CCCC(C23CCCC(CC2)S3)CCC1. The summed E-state index contributed by atoms with van der Waals surface area (Å²) in [6.45, 7) is 0. The first-order chi connectivity index (χ1) is 7.89. The highest BCUT2D eigenvalue weighted by Gasteiger charge is 2.47. The maximum absolute atomic E-state index is 2.42. The number of fused-ring (bicyclic) bond motifs is 2. The van der Waals surface area contributed by atoms with Crippen molar-refractivity contribution < 1.29 is 0 Å². The Labute approximate surface area is 105 Å². The number of hydrogen-bond donors (Lipinski definition) is 0. The van der Waals surface area contributed by atoms with E-state index < -0.39 is 0 Å². The monoisotopic (exact) mass is 238 g/mol. The van der Waals surface area contributed by atoms with Crippen LogP contribution in [0.2, 0.25) is 0 Å². The molecule has 0 amide bonds. The average Bonchev–Trinajstić information content (AvgIpc) is 2.54. The zero-order chi connectivity index (χ0) is 10.8. The summed E-state index contributed by atoms with van der Waals surface area (Å²) in [4.78, 5) is 0. The lowest BCUT2D eigenvalue weighted by Gasteiger charge is -2.41. The average molecular weight is 238 g/mol. The molecule has 2 atom stereocenters. The quantitative estimate of drug-likeness (QED) is 0.607. The van der Waals surface area contributed by atoms with Crippen LogP contribution in [0.15, 0.2) is 0 Å². The second kappa shape index (κ2) is 4.92. The summed E-state index contributed by atoms with van der Waals surface area (Å²) in [6, 6.07) is 0. The lowest BCUT2D eigenvalue weighted by Crippen LogP contribution is -2.34. The van der Waals surface area contributed by atoms with Gasteiger partial charge in [0.15, 0.2) is 0 Å². The Morgan fingerprint density at radius 2 is 1.44 bits per heavy atom. The molecule has 2 bridgehead atoms. The number of hydrogen-bond acceptors (Lipinski definition) is 1. The highest BCUT2D eigenvalue weighted by Crippen LogP contribution is 2.57. The topological polar surface area (TPSA) is 0 Å². The van der Waals surface area contributed by atoms with Gasteiger partial charge in [-0.2, -0.15) is 11.8 Å². The number of thioether (sulfide) groups is 1. The second-order valence-corrected chi connectivity index (χ2v) is 7.99. The Balaban J connectivity index is 1.69. The molecule has 1 saturated carbocycles. The van der Waals surface area contributed by atoms with Crippen LogP contribution in [0.5, 0.6) is 0 Å². The molecule has 0 spiro atoms. The van der Waals surface area contributed by atoms with E-state index in [1.807, 2.05) is 0 Å². The third kappa shape index (κ3) is 2.17. The van der Waals surface area contributed by atoms with Crippen LogP contribution in [-0.2, 0) is 0 Å². The van der Waals surface area contributed by atoms with Crippen molar-refractivity contribution in [2.45, 2.75) is 87.0 Å². The van der Waals surface area contributed by atoms with Crippen molar-refractivity contribution in [2.24, 2.45) is 5.92 Å². The third-order valence-corrected chi connectivity index (χ3v) is 7.28. The van der Waals surface area contributed by atoms with Crippen molar-refractivity contribution >= 4 is 11.8 Å². The molecule has 1 aliphatic carbocycles. The van der Waals surface area contributed by atoms with Crippen molar-refractivity contribution in [1.29, 1.82) is 0 Å². The Kier molecular flexibility index (Phi) is 3.52. The summed E-state index contributed by atoms with van der Waals surface area (Å²) in [5.41, 5.74) is 0. The van der Waals surface area contributed by atoms with Crippen LogP contribution in [0.25, 0.3) is 0 Å². The molecule has 2 heterocycles. The maximum Gasteiger partial charge on any atom is 0.0191 e. The molecule has 0 N–H and O–H groups in total. The molecule has 1 heteroatoms. The molecule has 2 aliphatic heterocycles. The molecule has 0 radical (unpaired) electrons. The van der Waals surface area contributed by atoms with Gasteiger partial charge >= 0.3 is 0 Å². The first kappa shape index (κ1) is 11.4. The third-order valence-electron chi connectivity index (χ3n) is 5.27. The van der Waals surface area contributed by atoms with Gasteiger partial charge in [0.2, 0.25) is 0 Å². The smallest absolute Gasteiger partial charge is 0.0191 e. The predicted octanol–water partition coefficient (Wildman–Crippen LogP) is 5.17. The van der Waals surface area contributed by atoms with Crippen molar-refractivity contribution in [2.75, 3.05) is 0 Å². The Hall–Kier alpha value is 0.350. The minimum absolute atomic E-state index is 0.764. The molecular weight excluding hydrogens is 212 g/mol. The van der Waals surface area contributed by atoms with Gasteiger partial charge in [-0.1, -0.05) is 38.5 Å². The van der Waals surface area contributed by atoms with Crippen LogP contribution in [0, 0.1) is 5.92 Å². The molecule has 0 aromatic rings. The molecule has 0 nitrogen and oxygen atoms in total. The zero-order valence-electron chi connectivity index (χ0n) is 10.5. The van der Waals surface area contributed by atoms with Gasteiger partial charge in [-0.05, 0) is 44.4 Å². The summed E-state index contributed by atoms with van der Waals surface area (Å²) in [5, 5.41) is 1.05. The fourth-order valence-corrected chi connectivity index (χ4v) is 6.47. The van der Waals surface area contributed by atoms with Gasteiger partial charge in [0.1, 0.15) is 0 Å². The highest BCUT2D eigenvalue weighted by molar-refractivity contribution is 8.01. The van der Waals surface area contributed by atoms with Gasteiger partial charge in [-0.3, -0.25) is 0 Å². The summed E-state index contributed by atoms with van der Waals surface area (Å²) < 4.78 is 0.764. The Morgan fingerprint density at radius 1 is 0.688 bits per heavy atom. The van der Waals surface area contributed by atoms with Gasteiger partial charge in [0, 0.05) is 10.00 Å². The normalized spacial score (nSPS) is 41.6. The van der Waals surface area contributed by atoms with Crippen LogP contribution < -0.4 is 0 Å². The van der Waals surface area contributed by atoms with Gasteiger partial charge in [-0.15, -0.1) is 0 Å². The molecule has 3 rings (SSSR count). The highest BCUT2D eigenvalue weighted by atomic mass is 32.2. The number of rotatable bonds is 1. The lowest BCUT2D eigenvalue weighted by molar-refractivity contribution is 0.277. The van der Waals surface area contributed by atoms with Crippen molar-refractivity contribution in [3.05, 3.63) is 0 Å². The van der Waals surface area contributed by atoms with E-state index in [1.165, 1.54) is 44.9 Å². The molecule has 16 heavy (non-hydrogen) atoms. The first-order valence-electron chi connectivity index (χ1n) is 7.57. The fraction of sp³-hybridized carbons (Fsp3) is 1.00. The van der Waals surface area contributed by atoms with E-state index in [4.69, 9.17) is 0 Å². The van der Waals surface area contributed by atoms with Crippen LogP contribution in [0.1, 0.15) is 77.0 Å². The van der Waals surface area contributed by atoms with Crippen LogP contribution >= 0.6 is 11.8 Å². The molecule has 3 aliphatic rings. The van der Waals surface area contributed by atoms with Gasteiger partial charge in [0.25, 0.3) is 0 Å². The van der Waals surface area contributed by atoms with Gasteiger partial charge < -0.3 is 0 Å². The molecule has 2 saturated heterocycles. The minimum Gasteiger partial charge on any atom is -0.151 e. The van der Waals surface area contributed by atoms with Crippen LogP contribution in [0.3, 0.4) is 0 Å². The van der Waals surface area contributed by atoms with E-state index in [9.17, 15) is 0 Å². The van der Waals surface area contributed by atoms with E-state index in [0.29, 0.717) is 0 Å². The van der Waals surface area contributed by atoms with E-state index in [2.05, 4.69) is 11.8 Å². The fourth-order valence-electron chi connectivity index (χ4n) is 4.36. The maximum atomic E-state index is 2.42. The van der Waals surface area contributed by atoms with Crippen LogP contribution in [-0.4, -0.2) is 10.00 Å². The van der Waals surface area contributed by atoms with Crippen molar-refractivity contribution in [1.82, 2.24) is 0 Å². The molecule has 0 aromatic heterocycles. The van der Waals surface area contributed by atoms with E-state index in [-0.39, 0.29) is 0 Å². The molecule has 0 aromatic carbocycles. The molecule has 92 valence electrons. The zero-order valence-corrected chi connectivity index (χ0v) is 11.4. The summed E-state index contributed by atoms with van der Waals surface area (Å²) in [6.07, 6.45) is 18.4. The van der Waals surface area contributed by atoms with E-state index in [0.717, 1.165) is 15.9 Å². The first-order valence-corrected chi connectivity index (χ1v) is 8.45. The Morgan fingerprint density at radius 3 is 2.25 bits per heavy atom. The van der Waals surface area contributed by atoms with Gasteiger partial charge in [0.05, 0.1) is 0 Å². The summed E-state index contributed by atoms with van der Waals surface area (Å²) in [7, 11) is 0. The summed E-state index contributed by atoms with van der Waals surface area (Å²) >= 11 is 2.42. The van der Waals surface area contributed by atoms with Crippen molar-refractivity contribution in [3.63, 3.8) is 0 Å². The molecule has 3 fully saturated rings. The van der Waals surface area contributed by atoms with Crippen molar-refractivity contribution in [3.8, 4) is 0 Å². The summed E-state index contributed by atoms with van der Waals surface area (Å²) in [5.74, 6) is 1.09. The van der Waals surface area contributed by atoms with E-state index >= 15 is 0 Å². The minimum atomic E-state index is 0.764. The lowest BCUT2D eigenvalue weighted by atomic mass is 9.77. The largest absolute Gasteiger partial charge is 0.151 e. The molecular formula is C15H26S. The second-order valence-electron chi connectivity index (χ2n) is 6.28. The molecule has 2 unspecified atom stereocenters. The predicted molar refractivity (Wildman–Crippen MR) is 73.0 cm³/mol. The van der Waals surface area contributed by atoms with Gasteiger partial charge in [-0.25, -0.2) is 0 Å². The van der Waals surface area contributed by atoms with E-state index in [1.54, 1.807) is 32.1 Å².